The highest BCUT2D eigenvalue weighted by Crippen LogP contribution is 2.44. The molecule has 0 bridgehead atoms. The van der Waals surface area contributed by atoms with E-state index in [0.29, 0.717) is 23.3 Å². The molecular formula is C18H31N3O2. The van der Waals surface area contributed by atoms with Gasteiger partial charge in [0.1, 0.15) is 0 Å². The Hall–Kier alpha value is -0.650. The van der Waals surface area contributed by atoms with Gasteiger partial charge in [0.15, 0.2) is 0 Å². The lowest BCUT2D eigenvalue weighted by atomic mass is 9.76. The van der Waals surface area contributed by atoms with E-state index in [1.165, 1.54) is 32.4 Å². The molecule has 4 fully saturated rings. The smallest absolute Gasteiger partial charge is 0.225 e. The van der Waals surface area contributed by atoms with E-state index >= 15 is 0 Å². The van der Waals surface area contributed by atoms with Crippen LogP contribution in [-0.2, 0) is 9.53 Å². The number of piperidine rings is 1. The van der Waals surface area contributed by atoms with Gasteiger partial charge >= 0.3 is 0 Å². The van der Waals surface area contributed by atoms with Gasteiger partial charge in [0, 0.05) is 51.2 Å². The fourth-order valence-corrected chi connectivity index (χ4v) is 4.82. The molecule has 1 saturated carbocycles. The minimum atomic E-state index is 0.379. The number of likely N-dealkylation sites (N-methyl/N-ethyl adjacent to an activating group) is 1. The molecule has 5 heteroatoms. The summed E-state index contributed by atoms with van der Waals surface area (Å²) in [5.41, 5.74) is 0.464. The van der Waals surface area contributed by atoms with E-state index in [2.05, 4.69) is 21.7 Å². The Labute approximate surface area is 139 Å². The van der Waals surface area contributed by atoms with Gasteiger partial charge in [-0.2, -0.15) is 0 Å². The lowest BCUT2D eigenvalue weighted by Gasteiger charge is -2.39. The van der Waals surface area contributed by atoms with Crippen LogP contribution in [0, 0.1) is 11.3 Å². The molecule has 1 unspecified atom stereocenters. The molecule has 5 nitrogen and oxygen atoms in total. The van der Waals surface area contributed by atoms with Gasteiger partial charge in [-0.1, -0.05) is 0 Å². The zero-order valence-corrected chi connectivity index (χ0v) is 14.5. The molecule has 4 aliphatic rings. The van der Waals surface area contributed by atoms with Crippen molar-refractivity contribution in [1.29, 1.82) is 0 Å². The van der Waals surface area contributed by atoms with Crippen LogP contribution in [0.25, 0.3) is 0 Å². The number of ether oxygens (including phenoxy) is 1. The predicted molar refractivity (Wildman–Crippen MR) is 89.3 cm³/mol. The van der Waals surface area contributed by atoms with Gasteiger partial charge in [0.2, 0.25) is 5.91 Å². The number of carbonyl (C=O) groups excluding carboxylic acids is 1. The van der Waals surface area contributed by atoms with Crippen LogP contribution in [0.2, 0.25) is 0 Å². The van der Waals surface area contributed by atoms with Gasteiger partial charge in [-0.25, -0.2) is 0 Å². The third kappa shape index (κ3) is 3.42. The second-order valence-electron chi connectivity index (χ2n) is 8.29. The highest BCUT2D eigenvalue weighted by Gasteiger charge is 2.46. The van der Waals surface area contributed by atoms with Crippen molar-refractivity contribution in [2.45, 2.75) is 38.1 Å². The van der Waals surface area contributed by atoms with E-state index < -0.39 is 0 Å². The summed E-state index contributed by atoms with van der Waals surface area (Å²) in [6, 6.07) is 0.679. The second-order valence-corrected chi connectivity index (χ2v) is 8.29. The SMILES string of the molecule is CN1CC2(CCN(C(=O)C3CC3)CC2)CC1CN1CCOCC1. The summed E-state index contributed by atoms with van der Waals surface area (Å²) in [6.07, 6.45) is 5.98. The first-order valence-corrected chi connectivity index (χ1v) is 9.44. The number of likely N-dealkylation sites (tertiary alicyclic amines) is 2. The van der Waals surface area contributed by atoms with Gasteiger partial charge < -0.3 is 14.5 Å². The van der Waals surface area contributed by atoms with Crippen LogP contribution in [-0.4, -0.2) is 86.2 Å². The summed E-state index contributed by atoms with van der Waals surface area (Å²) in [7, 11) is 2.29. The Kier molecular flexibility index (Phi) is 4.37. The Morgan fingerprint density at radius 1 is 1.13 bits per heavy atom. The van der Waals surface area contributed by atoms with Crippen LogP contribution < -0.4 is 0 Å². The standard InChI is InChI=1S/C18H31N3O2/c1-19-14-18(12-16(19)13-20-8-10-23-11-9-20)4-6-21(7-5-18)17(22)15-2-3-15/h15-16H,2-14H2,1H3. The van der Waals surface area contributed by atoms with Crippen molar-refractivity contribution >= 4 is 5.91 Å². The van der Waals surface area contributed by atoms with Crippen molar-refractivity contribution in [3.63, 3.8) is 0 Å². The number of carbonyl (C=O) groups is 1. The Bertz CT molecular complexity index is 438. The summed E-state index contributed by atoms with van der Waals surface area (Å²) < 4.78 is 5.47. The van der Waals surface area contributed by atoms with Crippen molar-refractivity contribution in [2.24, 2.45) is 11.3 Å². The maximum atomic E-state index is 12.3. The summed E-state index contributed by atoms with van der Waals surface area (Å²) in [4.78, 5) is 19.5. The van der Waals surface area contributed by atoms with Crippen LogP contribution in [0.15, 0.2) is 0 Å². The summed E-state index contributed by atoms with van der Waals surface area (Å²) in [5, 5.41) is 0. The maximum absolute atomic E-state index is 12.3. The molecule has 3 heterocycles. The van der Waals surface area contributed by atoms with Crippen molar-refractivity contribution in [3.05, 3.63) is 0 Å². The number of nitrogens with zero attached hydrogens (tertiary/aromatic N) is 3. The summed E-state index contributed by atoms with van der Waals surface area (Å²) in [5.74, 6) is 0.820. The fraction of sp³-hybridized carbons (Fsp3) is 0.944. The van der Waals surface area contributed by atoms with E-state index in [0.717, 1.165) is 52.2 Å². The number of morpholine rings is 1. The Morgan fingerprint density at radius 2 is 1.83 bits per heavy atom. The minimum Gasteiger partial charge on any atom is -0.379 e. The number of rotatable bonds is 3. The molecular weight excluding hydrogens is 290 g/mol. The molecule has 3 saturated heterocycles. The topological polar surface area (TPSA) is 36.0 Å². The summed E-state index contributed by atoms with van der Waals surface area (Å²) >= 11 is 0. The van der Waals surface area contributed by atoms with Crippen LogP contribution in [0.3, 0.4) is 0 Å². The van der Waals surface area contributed by atoms with Crippen LogP contribution in [0.5, 0.6) is 0 Å². The molecule has 3 aliphatic heterocycles. The van der Waals surface area contributed by atoms with Crippen molar-refractivity contribution < 1.29 is 9.53 Å². The average Bonchev–Trinajstić information content (AvgIpc) is 3.36. The lowest BCUT2D eigenvalue weighted by molar-refractivity contribution is -0.134. The van der Waals surface area contributed by atoms with E-state index in [9.17, 15) is 4.79 Å². The normalized spacial score (nSPS) is 32.6. The number of amides is 1. The van der Waals surface area contributed by atoms with Crippen LogP contribution >= 0.6 is 0 Å². The monoisotopic (exact) mass is 321 g/mol. The molecule has 1 amide bonds. The third-order valence-corrected chi connectivity index (χ3v) is 6.51. The zero-order chi connectivity index (χ0) is 15.9. The molecule has 0 aromatic carbocycles. The van der Waals surface area contributed by atoms with Gasteiger partial charge in [0.25, 0.3) is 0 Å². The molecule has 1 spiro atoms. The molecule has 130 valence electrons. The Balaban J connectivity index is 1.30. The first kappa shape index (κ1) is 15.9. The molecule has 0 aromatic heterocycles. The molecule has 0 N–H and O–H groups in total. The first-order chi connectivity index (χ1) is 11.2. The van der Waals surface area contributed by atoms with Gasteiger partial charge in [-0.15, -0.1) is 0 Å². The quantitative estimate of drug-likeness (QED) is 0.778. The van der Waals surface area contributed by atoms with Crippen LogP contribution in [0.4, 0.5) is 0 Å². The first-order valence-electron chi connectivity index (χ1n) is 9.44. The average molecular weight is 321 g/mol. The van der Waals surface area contributed by atoms with Crippen molar-refractivity contribution in [2.75, 3.05) is 59.5 Å². The number of hydrogen-bond acceptors (Lipinski definition) is 4. The number of hydrogen-bond donors (Lipinski definition) is 0. The second kappa shape index (κ2) is 6.34. The zero-order valence-electron chi connectivity index (χ0n) is 14.5. The molecule has 23 heavy (non-hydrogen) atoms. The largest absolute Gasteiger partial charge is 0.379 e. The minimum absolute atomic E-state index is 0.379. The third-order valence-electron chi connectivity index (χ3n) is 6.51. The predicted octanol–water partition coefficient (Wildman–Crippen LogP) is 1.04. The van der Waals surface area contributed by atoms with Gasteiger partial charge in [0.05, 0.1) is 13.2 Å². The van der Waals surface area contributed by atoms with E-state index in [-0.39, 0.29) is 0 Å². The van der Waals surface area contributed by atoms with Crippen molar-refractivity contribution in [3.8, 4) is 0 Å². The summed E-state index contributed by atoms with van der Waals surface area (Å²) in [6.45, 7) is 8.34. The molecule has 1 atom stereocenters. The van der Waals surface area contributed by atoms with Gasteiger partial charge in [-0.05, 0) is 44.6 Å². The molecule has 4 rings (SSSR count). The Morgan fingerprint density at radius 3 is 2.48 bits per heavy atom. The van der Waals surface area contributed by atoms with Crippen LogP contribution in [0.1, 0.15) is 32.1 Å². The lowest BCUT2D eigenvalue weighted by Crippen LogP contribution is -2.44. The fourth-order valence-electron chi connectivity index (χ4n) is 4.82. The maximum Gasteiger partial charge on any atom is 0.225 e. The van der Waals surface area contributed by atoms with E-state index in [1.54, 1.807) is 0 Å². The molecule has 1 aliphatic carbocycles. The molecule has 0 radical (unpaired) electrons. The molecule has 0 aromatic rings. The highest BCUT2D eigenvalue weighted by atomic mass is 16.5. The highest BCUT2D eigenvalue weighted by molar-refractivity contribution is 5.81. The van der Waals surface area contributed by atoms with Crippen molar-refractivity contribution in [1.82, 2.24) is 14.7 Å². The van der Waals surface area contributed by atoms with E-state index in [4.69, 9.17) is 4.74 Å². The van der Waals surface area contributed by atoms with E-state index in [1.807, 2.05) is 0 Å². The van der Waals surface area contributed by atoms with Gasteiger partial charge in [-0.3, -0.25) is 9.69 Å².